The first-order chi connectivity index (χ1) is 7.19. The van der Waals surface area contributed by atoms with Crippen LogP contribution in [-0.4, -0.2) is 13.2 Å². The van der Waals surface area contributed by atoms with E-state index in [1.165, 1.54) is 0 Å². The molecule has 0 heterocycles. The highest BCUT2D eigenvalue weighted by atomic mass is 16.5. The molecule has 0 aromatic heterocycles. The molecule has 0 spiro atoms. The summed E-state index contributed by atoms with van der Waals surface area (Å²) >= 11 is 0. The van der Waals surface area contributed by atoms with Crippen LogP contribution >= 0.6 is 0 Å². The molecule has 1 unspecified atom stereocenters. The monoisotopic (exact) mass is 206 g/mol. The van der Waals surface area contributed by atoms with Gasteiger partial charge in [-0.15, -0.1) is 0 Å². The zero-order valence-electron chi connectivity index (χ0n) is 9.62. The molecule has 0 fully saturated rings. The molecule has 15 heavy (non-hydrogen) atoms. The van der Waals surface area contributed by atoms with Gasteiger partial charge in [0.15, 0.2) is 11.5 Å². The lowest BCUT2D eigenvalue weighted by molar-refractivity contribution is 0.241. The van der Waals surface area contributed by atoms with Crippen molar-refractivity contribution in [3.05, 3.63) is 36.4 Å². The fourth-order valence-electron chi connectivity index (χ4n) is 1.28. The van der Waals surface area contributed by atoms with Gasteiger partial charge in [-0.05, 0) is 31.1 Å². The minimum Gasteiger partial charge on any atom is -0.493 e. The van der Waals surface area contributed by atoms with E-state index in [-0.39, 0.29) is 6.10 Å². The van der Waals surface area contributed by atoms with Gasteiger partial charge in [-0.3, -0.25) is 0 Å². The van der Waals surface area contributed by atoms with Crippen LogP contribution in [0.15, 0.2) is 36.4 Å². The number of hydrogen-bond donors (Lipinski definition) is 0. The molecule has 1 rings (SSSR count). The molecule has 2 heteroatoms. The summed E-state index contributed by atoms with van der Waals surface area (Å²) in [4.78, 5) is 0. The molecule has 0 bridgehead atoms. The summed E-state index contributed by atoms with van der Waals surface area (Å²) in [7, 11) is 1.64. The second-order valence-corrected chi connectivity index (χ2v) is 3.42. The predicted octanol–water partition coefficient (Wildman–Crippen LogP) is 3.43. The Hall–Kier alpha value is -1.44. The lowest BCUT2D eigenvalue weighted by Crippen LogP contribution is -2.14. The Labute approximate surface area is 91.5 Å². The third-order valence-corrected chi connectivity index (χ3v) is 2.40. The second-order valence-electron chi connectivity index (χ2n) is 3.42. The minimum atomic E-state index is 0.0197. The number of para-hydroxylation sites is 2. The Morgan fingerprint density at radius 3 is 2.47 bits per heavy atom. The molecule has 82 valence electrons. The summed E-state index contributed by atoms with van der Waals surface area (Å²) in [5.74, 6) is 1.52. The normalized spacial score (nSPS) is 11.9. The smallest absolute Gasteiger partial charge is 0.162 e. The number of methoxy groups -OCH3 is 1. The zero-order chi connectivity index (χ0) is 11.3. The molecule has 0 radical (unpaired) electrons. The molecule has 2 nitrogen and oxygen atoms in total. The summed E-state index contributed by atoms with van der Waals surface area (Å²) in [5, 5.41) is 0. The van der Waals surface area contributed by atoms with E-state index in [2.05, 4.69) is 13.5 Å². The Morgan fingerprint density at radius 2 is 1.93 bits per heavy atom. The molecule has 0 aliphatic heterocycles. The molecule has 1 atom stereocenters. The number of hydrogen-bond acceptors (Lipinski definition) is 2. The predicted molar refractivity (Wildman–Crippen MR) is 62.5 cm³/mol. The summed E-state index contributed by atoms with van der Waals surface area (Å²) < 4.78 is 11.0. The van der Waals surface area contributed by atoms with Gasteiger partial charge >= 0.3 is 0 Å². The summed E-state index contributed by atoms with van der Waals surface area (Å²) in [6.45, 7) is 8.03. The first kappa shape index (κ1) is 11.6. The van der Waals surface area contributed by atoms with Crippen LogP contribution < -0.4 is 9.47 Å². The zero-order valence-corrected chi connectivity index (χ0v) is 9.62. The second kappa shape index (κ2) is 5.44. The van der Waals surface area contributed by atoms with E-state index in [0.717, 1.165) is 23.5 Å². The largest absolute Gasteiger partial charge is 0.493 e. The van der Waals surface area contributed by atoms with Crippen molar-refractivity contribution in [2.24, 2.45) is 0 Å². The maximum atomic E-state index is 5.76. The highest BCUT2D eigenvalue weighted by Crippen LogP contribution is 2.27. The summed E-state index contributed by atoms with van der Waals surface area (Å²) in [6.07, 6.45) is 0.947. The Balaban J connectivity index is 2.75. The molecule has 0 N–H and O–H groups in total. The number of ether oxygens (including phenoxy) is 2. The van der Waals surface area contributed by atoms with Crippen LogP contribution in [0.1, 0.15) is 20.3 Å². The van der Waals surface area contributed by atoms with E-state index in [1.807, 2.05) is 31.2 Å². The third kappa shape index (κ3) is 3.01. The Morgan fingerprint density at radius 1 is 1.33 bits per heavy atom. The first-order valence-corrected chi connectivity index (χ1v) is 5.16. The van der Waals surface area contributed by atoms with E-state index >= 15 is 0 Å². The van der Waals surface area contributed by atoms with Crippen LogP contribution in [-0.2, 0) is 0 Å². The minimum absolute atomic E-state index is 0.0197. The standard InChI is InChI=1S/C13H18O2/c1-5-10(2)11(3)15-13-9-7-6-8-12(13)14-4/h6-9,11H,2,5H2,1,3-4H3. The van der Waals surface area contributed by atoms with Crippen LogP contribution in [0, 0.1) is 0 Å². The van der Waals surface area contributed by atoms with E-state index < -0.39 is 0 Å². The Kier molecular flexibility index (Phi) is 4.22. The highest BCUT2D eigenvalue weighted by molar-refractivity contribution is 5.39. The van der Waals surface area contributed by atoms with Crippen LogP contribution in [0.25, 0.3) is 0 Å². The SMILES string of the molecule is C=C(CC)C(C)Oc1ccccc1OC. The molecule has 0 saturated carbocycles. The van der Waals surface area contributed by atoms with Gasteiger partial charge in [0, 0.05) is 0 Å². The quantitative estimate of drug-likeness (QED) is 0.687. The average molecular weight is 206 g/mol. The van der Waals surface area contributed by atoms with Crippen molar-refractivity contribution in [3.63, 3.8) is 0 Å². The van der Waals surface area contributed by atoms with Gasteiger partial charge in [-0.25, -0.2) is 0 Å². The van der Waals surface area contributed by atoms with Gasteiger partial charge in [-0.2, -0.15) is 0 Å². The van der Waals surface area contributed by atoms with E-state index in [4.69, 9.17) is 9.47 Å². The van der Waals surface area contributed by atoms with Gasteiger partial charge < -0.3 is 9.47 Å². The van der Waals surface area contributed by atoms with E-state index in [1.54, 1.807) is 7.11 Å². The lowest BCUT2D eigenvalue weighted by atomic mass is 10.1. The summed E-state index contributed by atoms with van der Waals surface area (Å²) in [5.41, 5.74) is 1.08. The first-order valence-electron chi connectivity index (χ1n) is 5.16. The van der Waals surface area contributed by atoms with Crippen molar-refractivity contribution in [1.29, 1.82) is 0 Å². The van der Waals surface area contributed by atoms with Crippen molar-refractivity contribution in [2.75, 3.05) is 7.11 Å². The fourth-order valence-corrected chi connectivity index (χ4v) is 1.28. The maximum absolute atomic E-state index is 5.76. The number of benzene rings is 1. The van der Waals surface area contributed by atoms with Crippen LogP contribution in [0.2, 0.25) is 0 Å². The van der Waals surface area contributed by atoms with Crippen molar-refractivity contribution in [2.45, 2.75) is 26.4 Å². The van der Waals surface area contributed by atoms with Crippen molar-refractivity contribution in [1.82, 2.24) is 0 Å². The molecular weight excluding hydrogens is 188 g/mol. The van der Waals surface area contributed by atoms with Crippen molar-refractivity contribution < 1.29 is 9.47 Å². The van der Waals surface area contributed by atoms with Gasteiger partial charge in [-0.1, -0.05) is 25.6 Å². The molecule has 0 aliphatic carbocycles. The topological polar surface area (TPSA) is 18.5 Å². The molecule has 0 aliphatic rings. The van der Waals surface area contributed by atoms with Gasteiger partial charge in [0.2, 0.25) is 0 Å². The van der Waals surface area contributed by atoms with E-state index in [0.29, 0.717) is 0 Å². The summed E-state index contributed by atoms with van der Waals surface area (Å²) in [6, 6.07) is 7.64. The van der Waals surface area contributed by atoms with Crippen molar-refractivity contribution >= 4 is 0 Å². The average Bonchev–Trinajstić information content (AvgIpc) is 2.28. The molecule has 0 saturated heterocycles. The molecule has 1 aromatic rings. The van der Waals surface area contributed by atoms with Crippen molar-refractivity contribution in [3.8, 4) is 11.5 Å². The van der Waals surface area contributed by atoms with Crippen LogP contribution in [0.3, 0.4) is 0 Å². The molecular formula is C13H18O2. The van der Waals surface area contributed by atoms with Crippen LogP contribution in [0.4, 0.5) is 0 Å². The van der Waals surface area contributed by atoms with Gasteiger partial charge in [0.1, 0.15) is 6.10 Å². The maximum Gasteiger partial charge on any atom is 0.162 e. The van der Waals surface area contributed by atoms with Gasteiger partial charge in [0.25, 0.3) is 0 Å². The Bertz CT molecular complexity index is 331. The third-order valence-electron chi connectivity index (χ3n) is 2.40. The van der Waals surface area contributed by atoms with Gasteiger partial charge in [0.05, 0.1) is 7.11 Å². The molecule has 1 aromatic carbocycles. The highest BCUT2D eigenvalue weighted by Gasteiger charge is 2.09. The molecule has 0 amide bonds. The van der Waals surface area contributed by atoms with E-state index in [9.17, 15) is 0 Å². The fraction of sp³-hybridized carbons (Fsp3) is 0.385. The lowest BCUT2D eigenvalue weighted by Gasteiger charge is -2.17. The number of rotatable bonds is 5. The van der Waals surface area contributed by atoms with Crippen LogP contribution in [0.5, 0.6) is 11.5 Å².